The molecule has 6 heteroatoms. The highest BCUT2D eigenvalue weighted by Gasteiger charge is 2.16. The van der Waals surface area contributed by atoms with E-state index in [0.717, 1.165) is 11.1 Å². The van der Waals surface area contributed by atoms with Gasteiger partial charge in [0, 0.05) is 6.42 Å². The maximum atomic E-state index is 12.9. The van der Waals surface area contributed by atoms with Crippen LogP contribution in [-0.2, 0) is 11.2 Å². The van der Waals surface area contributed by atoms with Gasteiger partial charge in [0.2, 0.25) is 5.91 Å². The van der Waals surface area contributed by atoms with Crippen LogP contribution >= 0.6 is 0 Å². The maximum Gasteiger partial charge on any atom is 0.253 e. The van der Waals surface area contributed by atoms with Gasteiger partial charge in [-0.2, -0.15) is 0 Å². The van der Waals surface area contributed by atoms with Gasteiger partial charge in [-0.25, -0.2) is 0 Å². The molecule has 0 fully saturated rings. The van der Waals surface area contributed by atoms with Crippen LogP contribution in [0, 0.1) is 0 Å². The van der Waals surface area contributed by atoms with Gasteiger partial charge in [0.05, 0.1) is 31.5 Å². The molecular formula is C26H28N2O4. The number of amides is 2. The summed E-state index contributed by atoms with van der Waals surface area (Å²) in [6.07, 6.45) is 0.714. The van der Waals surface area contributed by atoms with Crippen LogP contribution in [-0.4, -0.2) is 26.0 Å². The first-order chi connectivity index (χ1) is 15.5. The minimum absolute atomic E-state index is 0.159. The van der Waals surface area contributed by atoms with Gasteiger partial charge in [-0.15, -0.1) is 0 Å². The molecule has 0 aromatic heterocycles. The van der Waals surface area contributed by atoms with Gasteiger partial charge in [-0.3, -0.25) is 9.59 Å². The van der Waals surface area contributed by atoms with E-state index < -0.39 is 0 Å². The largest absolute Gasteiger partial charge is 0.497 e. The van der Waals surface area contributed by atoms with E-state index in [1.165, 1.54) is 0 Å². The standard InChI is InChI=1S/C26H28N2O4/c1-18(19-9-5-4-6-10-19)27-26(30)22-11-7-8-12-23(22)28-25(29)16-13-20-17-21(31-2)14-15-24(20)32-3/h4-12,14-15,17-18H,13,16H2,1-3H3,(H,27,30)(H,28,29). The lowest BCUT2D eigenvalue weighted by atomic mass is 10.1. The zero-order valence-corrected chi connectivity index (χ0v) is 18.6. The van der Waals surface area contributed by atoms with Crippen LogP contribution in [0.15, 0.2) is 72.8 Å². The fraction of sp³-hybridized carbons (Fsp3) is 0.231. The molecule has 1 unspecified atom stereocenters. The molecule has 166 valence electrons. The van der Waals surface area contributed by atoms with Crippen molar-refractivity contribution in [2.45, 2.75) is 25.8 Å². The van der Waals surface area contributed by atoms with Crippen LogP contribution in [0.3, 0.4) is 0 Å². The number of methoxy groups -OCH3 is 2. The molecule has 0 saturated carbocycles. The molecule has 32 heavy (non-hydrogen) atoms. The highest BCUT2D eigenvalue weighted by atomic mass is 16.5. The SMILES string of the molecule is COc1ccc(OC)c(CCC(=O)Nc2ccccc2C(=O)NC(C)c2ccccc2)c1. The van der Waals surface area contributed by atoms with E-state index in [2.05, 4.69) is 10.6 Å². The van der Waals surface area contributed by atoms with E-state index in [4.69, 9.17) is 9.47 Å². The summed E-state index contributed by atoms with van der Waals surface area (Å²) in [5.74, 6) is 0.974. The number of nitrogens with one attached hydrogen (secondary N) is 2. The number of carbonyl (C=O) groups excluding carboxylic acids is 2. The Morgan fingerprint density at radius 2 is 1.62 bits per heavy atom. The predicted octanol–water partition coefficient (Wildman–Crippen LogP) is 4.77. The number of hydrogen-bond donors (Lipinski definition) is 2. The fourth-order valence-corrected chi connectivity index (χ4v) is 3.43. The molecule has 3 aromatic carbocycles. The lowest BCUT2D eigenvalue weighted by molar-refractivity contribution is -0.116. The first-order valence-corrected chi connectivity index (χ1v) is 10.5. The Bertz CT molecular complexity index is 1070. The highest BCUT2D eigenvalue weighted by molar-refractivity contribution is 6.03. The second-order valence-corrected chi connectivity index (χ2v) is 7.38. The zero-order chi connectivity index (χ0) is 22.9. The van der Waals surface area contributed by atoms with Crippen molar-refractivity contribution in [3.05, 3.63) is 89.5 Å². The molecule has 1 atom stereocenters. The third kappa shape index (κ3) is 5.88. The molecule has 0 radical (unpaired) electrons. The van der Waals surface area contributed by atoms with E-state index >= 15 is 0 Å². The normalized spacial score (nSPS) is 11.3. The number of para-hydroxylation sites is 1. The van der Waals surface area contributed by atoms with E-state index in [1.54, 1.807) is 38.5 Å². The number of carbonyl (C=O) groups is 2. The Balaban J connectivity index is 1.66. The molecule has 0 aliphatic rings. The second kappa shape index (κ2) is 11.0. The fourth-order valence-electron chi connectivity index (χ4n) is 3.43. The first-order valence-electron chi connectivity index (χ1n) is 10.5. The first kappa shape index (κ1) is 22.9. The Morgan fingerprint density at radius 1 is 0.906 bits per heavy atom. The smallest absolute Gasteiger partial charge is 0.253 e. The van der Waals surface area contributed by atoms with E-state index in [1.807, 2.05) is 55.5 Å². The van der Waals surface area contributed by atoms with Crippen LogP contribution in [0.4, 0.5) is 5.69 Å². The van der Waals surface area contributed by atoms with Crippen molar-refractivity contribution in [3.63, 3.8) is 0 Å². The molecule has 3 rings (SSSR count). The van der Waals surface area contributed by atoms with Gasteiger partial charge >= 0.3 is 0 Å². The lowest BCUT2D eigenvalue weighted by Gasteiger charge is -2.16. The molecule has 0 aliphatic carbocycles. The summed E-state index contributed by atoms with van der Waals surface area (Å²) in [6.45, 7) is 1.93. The average molecular weight is 433 g/mol. The summed E-state index contributed by atoms with van der Waals surface area (Å²) in [5, 5.41) is 5.86. The summed E-state index contributed by atoms with van der Waals surface area (Å²) >= 11 is 0. The molecule has 0 saturated heterocycles. The average Bonchev–Trinajstić information content (AvgIpc) is 2.83. The second-order valence-electron chi connectivity index (χ2n) is 7.38. The van der Waals surface area contributed by atoms with Crippen LogP contribution < -0.4 is 20.1 Å². The van der Waals surface area contributed by atoms with Crippen molar-refractivity contribution in [2.24, 2.45) is 0 Å². The molecule has 6 nitrogen and oxygen atoms in total. The van der Waals surface area contributed by atoms with Gasteiger partial charge in [0.1, 0.15) is 11.5 Å². The van der Waals surface area contributed by atoms with Crippen LogP contribution in [0.2, 0.25) is 0 Å². The maximum absolute atomic E-state index is 12.9. The number of benzene rings is 3. The number of ether oxygens (including phenoxy) is 2. The van der Waals surface area contributed by atoms with E-state index in [9.17, 15) is 9.59 Å². The molecular weight excluding hydrogens is 404 g/mol. The molecule has 2 amide bonds. The van der Waals surface area contributed by atoms with Crippen molar-refractivity contribution >= 4 is 17.5 Å². The lowest BCUT2D eigenvalue weighted by Crippen LogP contribution is -2.28. The number of hydrogen-bond acceptors (Lipinski definition) is 4. The van der Waals surface area contributed by atoms with Crippen molar-refractivity contribution in [1.29, 1.82) is 0 Å². The summed E-state index contributed by atoms with van der Waals surface area (Å²) in [5.41, 5.74) is 2.79. The Hall–Kier alpha value is -3.80. The van der Waals surface area contributed by atoms with Crippen LogP contribution in [0.5, 0.6) is 11.5 Å². The van der Waals surface area contributed by atoms with Crippen molar-refractivity contribution in [1.82, 2.24) is 5.32 Å². The monoisotopic (exact) mass is 432 g/mol. The highest BCUT2D eigenvalue weighted by Crippen LogP contribution is 2.25. The summed E-state index contributed by atoms with van der Waals surface area (Å²) < 4.78 is 10.6. The molecule has 0 heterocycles. The van der Waals surface area contributed by atoms with Crippen molar-refractivity contribution in [2.75, 3.05) is 19.5 Å². The third-order valence-corrected chi connectivity index (χ3v) is 5.20. The summed E-state index contributed by atoms with van der Waals surface area (Å²) in [4.78, 5) is 25.5. The minimum Gasteiger partial charge on any atom is -0.497 e. The Morgan fingerprint density at radius 3 is 2.34 bits per heavy atom. The summed E-state index contributed by atoms with van der Waals surface area (Å²) in [6, 6.07) is 22.1. The Kier molecular flexibility index (Phi) is 7.86. The quantitative estimate of drug-likeness (QED) is 0.511. The molecule has 2 N–H and O–H groups in total. The van der Waals surface area contributed by atoms with Crippen molar-refractivity contribution in [3.8, 4) is 11.5 Å². The zero-order valence-electron chi connectivity index (χ0n) is 18.6. The minimum atomic E-state index is -0.244. The third-order valence-electron chi connectivity index (χ3n) is 5.20. The number of aryl methyl sites for hydroxylation is 1. The van der Waals surface area contributed by atoms with E-state index in [-0.39, 0.29) is 24.3 Å². The molecule has 0 bridgehead atoms. The number of rotatable bonds is 9. The van der Waals surface area contributed by atoms with Crippen LogP contribution in [0.25, 0.3) is 0 Å². The van der Waals surface area contributed by atoms with Crippen molar-refractivity contribution < 1.29 is 19.1 Å². The van der Waals surface area contributed by atoms with Gasteiger partial charge < -0.3 is 20.1 Å². The predicted molar refractivity (Wildman–Crippen MR) is 125 cm³/mol. The Labute approximate surface area is 188 Å². The van der Waals surface area contributed by atoms with E-state index in [0.29, 0.717) is 29.2 Å². The topological polar surface area (TPSA) is 76.7 Å². The van der Waals surface area contributed by atoms with Gasteiger partial charge in [-0.1, -0.05) is 42.5 Å². The number of anilines is 1. The molecule has 3 aromatic rings. The van der Waals surface area contributed by atoms with Gasteiger partial charge in [-0.05, 0) is 54.8 Å². The molecule has 0 spiro atoms. The van der Waals surface area contributed by atoms with Gasteiger partial charge in [0.15, 0.2) is 0 Å². The van der Waals surface area contributed by atoms with Gasteiger partial charge in [0.25, 0.3) is 5.91 Å². The molecule has 0 aliphatic heterocycles. The van der Waals surface area contributed by atoms with Crippen LogP contribution in [0.1, 0.15) is 40.9 Å². The summed E-state index contributed by atoms with van der Waals surface area (Å²) in [7, 11) is 3.19.